The Hall–Kier alpha value is -0.890. The lowest BCUT2D eigenvalue weighted by Gasteiger charge is -2.32. The van der Waals surface area contributed by atoms with Crippen molar-refractivity contribution in [1.29, 1.82) is 0 Å². The van der Waals surface area contributed by atoms with Gasteiger partial charge in [-0.2, -0.15) is 0 Å². The molecule has 1 atom stereocenters. The van der Waals surface area contributed by atoms with Gasteiger partial charge in [0.2, 0.25) is 0 Å². The third-order valence-electron chi connectivity index (χ3n) is 3.12. The zero-order valence-electron chi connectivity index (χ0n) is 8.82. The first kappa shape index (κ1) is 9.66. The second-order valence-electron chi connectivity index (χ2n) is 4.20. The van der Waals surface area contributed by atoms with Gasteiger partial charge in [0.05, 0.1) is 0 Å². The molecular weight excluding hydrogens is 172 g/mol. The van der Waals surface area contributed by atoms with Crippen LogP contribution >= 0.6 is 0 Å². The first-order valence-electron chi connectivity index (χ1n) is 5.45. The molecule has 0 saturated carbocycles. The zero-order chi connectivity index (χ0) is 9.80. The smallest absolute Gasteiger partial charge is 0.0300 e. The average molecular weight is 190 g/mol. The van der Waals surface area contributed by atoms with Crippen LogP contribution in [0.4, 0.5) is 0 Å². The highest BCUT2D eigenvalue weighted by atomic mass is 15.1. The van der Waals surface area contributed by atoms with Crippen LogP contribution in [0.25, 0.3) is 0 Å². The molecule has 76 valence electrons. The normalized spacial score (nSPS) is 23.6. The van der Waals surface area contributed by atoms with E-state index in [1.165, 1.54) is 31.4 Å². The predicted molar refractivity (Wildman–Crippen MR) is 58.2 cm³/mol. The molecule has 2 rings (SSSR count). The number of nitrogens with zero attached hydrogens (tertiary/aromatic N) is 2. The van der Waals surface area contributed by atoms with Crippen LogP contribution in [0.15, 0.2) is 24.5 Å². The topological polar surface area (TPSA) is 16.1 Å². The van der Waals surface area contributed by atoms with Gasteiger partial charge in [-0.05, 0) is 44.5 Å². The Balaban J connectivity index is 1.96. The standard InChI is InChI=1S/C12H18N2/c1-14-8-3-2-6-12(14)9-11-5-4-7-13-10-11/h4-5,7,10,12H,2-3,6,8-9H2,1H3. The van der Waals surface area contributed by atoms with Crippen LogP contribution in [0.1, 0.15) is 24.8 Å². The van der Waals surface area contributed by atoms with Crippen LogP contribution in [0.3, 0.4) is 0 Å². The maximum absolute atomic E-state index is 4.16. The van der Waals surface area contributed by atoms with E-state index < -0.39 is 0 Å². The van der Waals surface area contributed by atoms with Gasteiger partial charge in [0, 0.05) is 18.4 Å². The van der Waals surface area contributed by atoms with Crippen molar-refractivity contribution >= 4 is 0 Å². The Kier molecular flexibility index (Phi) is 3.14. The summed E-state index contributed by atoms with van der Waals surface area (Å²) in [6.07, 6.45) is 9.07. The molecule has 0 N–H and O–H groups in total. The maximum atomic E-state index is 4.16. The SMILES string of the molecule is CN1CCCCC1Cc1cccnc1. The monoisotopic (exact) mass is 190 g/mol. The van der Waals surface area contributed by atoms with Gasteiger partial charge in [0.1, 0.15) is 0 Å². The fourth-order valence-electron chi connectivity index (χ4n) is 2.19. The van der Waals surface area contributed by atoms with Crippen molar-refractivity contribution in [2.75, 3.05) is 13.6 Å². The molecule has 0 aromatic carbocycles. The molecule has 0 amide bonds. The van der Waals surface area contributed by atoms with Crippen LogP contribution in [0.5, 0.6) is 0 Å². The van der Waals surface area contributed by atoms with Gasteiger partial charge in [0.15, 0.2) is 0 Å². The van der Waals surface area contributed by atoms with E-state index in [4.69, 9.17) is 0 Å². The summed E-state index contributed by atoms with van der Waals surface area (Å²) >= 11 is 0. The molecule has 1 saturated heterocycles. The average Bonchev–Trinajstić information content (AvgIpc) is 2.23. The van der Waals surface area contributed by atoms with Gasteiger partial charge in [-0.25, -0.2) is 0 Å². The third-order valence-corrected chi connectivity index (χ3v) is 3.12. The fourth-order valence-corrected chi connectivity index (χ4v) is 2.19. The van der Waals surface area contributed by atoms with Crippen LogP contribution in [0, 0.1) is 0 Å². The van der Waals surface area contributed by atoms with Crippen LogP contribution in [0.2, 0.25) is 0 Å². The van der Waals surface area contributed by atoms with Crippen molar-refractivity contribution in [1.82, 2.24) is 9.88 Å². The Morgan fingerprint density at radius 1 is 1.50 bits per heavy atom. The van der Waals surface area contributed by atoms with Crippen molar-refractivity contribution in [3.8, 4) is 0 Å². The van der Waals surface area contributed by atoms with Crippen molar-refractivity contribution in [3.63, 3.8) is 0 Å². The zero-order valence-corrected chi connectivity index (χ0v) is 8.82. The lowest BCUT2D eigenvalue weighted by atomic mass is 9.97. The molecular formula is C12H18N2. The van der Waals surface area contributed by atoms with E-state index in [2.05, 4.69) is 23.0 Å². The third kappa shape index (κ3) is 2.32. The largest absolute Gasteiger partial charge is 0.303 e. The van der Waals surface area contributed by atoms with E-state index in [1.807, 2.05) is 18.5 Å². The molecule has 1 aromatic rings. The van der Waals surface area contributed by atoms with E-state index in [0.29, 0.717) is 0 Å². The van der Waals surface area contributed by atoms with E-state index in [0.717, 1.165) is 12.5 Å². The number of rotatable bonds is 2. The van der Waals surface area contributed by atoms with Gasteiger partial charge >= 0.3 is 0 Å². The fraction of sp³-hybridized carbons (Fsp3) is 0.583. The number of hydrogen-bond acceptors (Lipinski definition) is 2. The Labute approximate surface area is 86.0 Å². The van der Waals surface area contributed by atoms with E-state index in [-0.39, 0.29) is 0 Å². The quantitative estimate of drug-likeness (QED) is 0.710. The summed E-state index contributed by atoms with van der Waals surface area (Å²) in [5, 5.41) is 0. The first-order valence-corrected chi connectivity index (χ1v) is 5.45. The second-order valence-corrected chi connectivity index (χ2v) is 4.20. The van der Waals surface area contributed by atoms with Crippen molar-refractivity contribution < 1.29 is 0 Å². The molecule has 1 aliphatic rings. The van der Waals surface area contributed by atoms with Gasteiger partial charge in [-0.3, -0.25) is 4.98 Å². The molecule has 2 nitrogen and oxygen atoms in total. The minimum atomic E-state index is 0.730. The molecule has 1 aromatic heterocycles. The summed E-state index contributed by atoms with van der Waals surface area (Å²) in [4.78, 5) is 6.64. The summed E-state index contributed by atoms with van der Waals surface area (Å²) in [7, 11) is 2.24. The van der Waals surface area contributed by atoms with Crippen LogP contribution < -0.4 is 0 Å². The lowest BCUT2D eigenvalue weighted by molar-refractivity contribution is 0.184. The Bertz CT molecular complexity index is 271. The Morgan fingerprint density at radius 2 is 2.43 bits per heavy atom. The number of aromatic nitrogens is 1. The number of hydrogen-bond donors (Lipinski definition) is 0. The summed E-state index contributed by atoms with van der Waals surface area (Å²) in [6.45, 7) is 1.25. The van der Waals surface area contributed by atoms with E-state index >= 15 is 0 Å². The van der Waals surface area contributed by atoms with Gasteiger partial charge in [0.25, 0.3) is 0 Å². The summed E-state index contributed by atoms with van der Waals surface area (Å²) < 4.78 is 0. The number of likely N-dealkylation sites (N-methyl/N-ethyl adjacent to an activating group) is 1. The molecule has 0 bridgehead atoms. The second kappa shape index (κ2) is 4.56. The molecule has 0 radical (unpaired) electrons. The van der Waals surface area contributed by atoms with Crippen LogP contribution in [-0.4, -0.2) is 29.5 Å². The highest BCUT2D eigenvalue weighted by Gasteiger charge is 2.18. The van der Waals surface area contributed by atoms with Crippen molar-refractivity contribution in [3.05, 3.63) is 30.1 Å². The van der Waals surface area contributed by atoms with Crippen molar-refractivity contribution in [2.24, 2.45) is 0 Å². The highest BCUT2D eigenvalue weighted by molar-refractivity contribution is 5.10. The molecule has 14 heavy (non-hydrogen) atoms. The molecule has 1 unspecified atom stereocenters. The molecule has 2 heterocycles. The van der Waals surface area contributed by atoms with Gasteiger partial charge < -0.3 is 4.90 Å². The van der Waals surface area contributed by atoms with Gasteiger partial charge in [-0.1, -0.05) is 12.5 Å². The molecule has 1 aliphatic heterocycles. The minimum absolute atomic E-state index is 0.730. The van der Waals surface area contributed by atoms with Crippen molar-refractivity contribution in [2.45, 2.75) is 31.7 Å². The molecule has 0 spiro atoms. The predicted octanol–water partition coefficient (Wildman–Crippen LogP) is 2.11. The number of pyridine rings is 1. The van der Waals surface area contributed by atoms with E-state index in [1.54, 1.807) is 0 Å². The molecule has 2 heteroatoms. The number of piperidine rings is 1. The molecule has 0 aliphatic carbocycles. The summed E-state index contributed by atoms with van der Waals surface area (Å²) in [5.74, 6) is 0. The number of likely N-dealkylation sites (tertiary alicyclic amines) is 1. The lowest BCUT2D eigenvalue weighted by Crippen LogP contribution is -2.37. The highest BCUT2D eigenvalue weighted by Crippen LogP contribution is 2.18. The Morgan fingerprint density at radius 3 is 3.14 bits per heavy atom. The first-order chi connectivity index (χ1) is 6.86. The van der Waals surface area contributed by atoms with Gasteiger partial charge in [-0.15, -0.1) is 0 Å². The maximum Gasteiger partial charge on any atom is 0.0300 e. The summed E-state index contributed by atoms with van der Waals surface area (Å²) in [6, 6.07) is 4.93. The molecule has 1 fully saturated rings. The van der Waals surface area contributed by atoms with Crippen LogP contribution in [-0.2, 0) is 6.42 Å². The summed E-state index contributed by atoms with van der Waals surface area (Å²) in [5.41, 5.74) is 1.37. The minimum Gasteiger partial charge on any atom is -0.303 e. The van der Waals surface area contributed by atoms with E-state index in [9.17, 15) is 0 Å².